The van der Waals surface area contributed by atoms with Crippen LogP contribution >= 0.6 is 0 Å². The van der Waals surface area contributed by atoms with Gasteiger partial charge in [0.25, 0.3) is 0 Å². The zero-order valence-corrected chi connectivity index (χ0v) is 12.4. The van der Waals surface area contributed by atoms with Gasteiger partial charge in [-0.2, -0.15) is 4.80 Å². The Morgan fingerprint density at radius 1 is 1.58 bits per heavy atom. The summed E-state index contributed by atoms with van der Waals surface area (Å²) in [5.74, 6) is 1.48. The Kier molecular flexibility index (Phi) is 4.52. The lowest BCUT2D eigenvalue weighted by molar-refractivity contribution is -0.0779. The van der Waals surface area contributed by atoms with E-state index in [2.05, 4.69) is 27.7 Å². The first kappa shape index (κ1) is 14.4. The van der Waals surface area contributed by atoms with Crippen LogP contribution in [-0.4, -0.2) is 46.0 Å². The van der Waals surface area contributed by atoms with Crippen molar-refractivity contribution in [1.82, 2.24) is 25.5 Å². The van der Waals surface area contributed by atoms with E-state index in [1.54, 1.807) is 7.05 Å². The average molecular weight is 267 g/mol. The third kappa shape index (κ3) is 3.12. The highest BCUT2D eigenvalue weighted by Crippen LogP contribution is 2.37. The molecule has 0 radical (unpaired) electrons. The quantitative estimate of drug-likeness (QED) is 0.860. The molecule has 1 aliphatic carbocycles. The maximum atomic E-state index is 5.94. The molecule has 6 nitrogen and oxygen atoms in total. The van der Waals surface area contributed by atoms with E-state index in [4.69, 9.17) is 4.74 Å². The van der Waals surface area contributed by atoms with E-state index in [1.807, 2.05) is 14.2 Å². The van der Waals surface area contributed by atoms with Crippen molar-refractivity contribution in [3.63, 3.8) is 0 Å². The highest BCUT2D eigenvalue weighted by molar-refractivity contribution is 5.00. The van der Waals surface area contributed by atoms with Crippen LogP contribution in [-0.2, 0) is 18.2 Å². The number of hydrogen-bond acceptors (Lipinski definition) is 5. The van der Waals surface area contributed by atoms with Crippen LogP contribution in [0.5, 0.6) is 0 Å². The van der Waals surface area contributed by atoms with Crippen LogP contribution in [0.15, 0.2) is 0 Å². The third-order valence-corrected chi connectivity index (χ3v) is 4.32. The summed E-state index contributed by atoms with van der Waals surface area (Å²) in [6.45, 7) is 2.31. The van der Waals surface area contributed by atoms with Gasteiger partial charge < -0.3 is 10.1 Å². The van der Waals surface area contributed by atoms with Gasteiger partial charge in [0.15, 0.2) is 5.82 Å². The summed E-state index contributed by atoms with van der Waals surface area (Å²) >= 11 is 0. The minimum Gasteiger partial charge on any atom is -0.377 e. The van der Waals surface area contributed by atoms with E-state index < -0.39 is 0 Å². The Labute approximate surface area is 114 Å². The van der Waals surface area contributed by atoms with Gasteiger partial charge in [-0.05, 0) is 31.0 Å². The maximum absolute atomic E-state index is 5.94. The highest BCUT2D eigenvalue weighted by Gasteiger charge is 2.42. The molecule has 0 amide bonds. The summed E-state index contributed by atoms with van der Waals surface area (Å²) in [7, 11) is 5.60. The van der Waals surface area contributed by atoms with E-state index in [0.717, 1.165) is 25.1 Å². The Bertz CT molecular complexity index is 407. The molecule has 3 atom stereocenters. The number of rotatable bonds is 5. The highest BCUT2D eigenvalue weighted by atomic mass is 16.5. The molecular weight excluding hydrogens is 242 g/mol. The Hall–Kier alpha value is -1.01. The zero-order chi connectivity index (χ0) is 13.9. The smallest absolute Gasteiger partial charge is 0.176 e. The van der Waals surface area contributed by atoms with Crippen LogP contribution in [0.2, 0.25) is 0 Å². The molecule has 108 valence electrons. The molecule has 6 heteroatoms. The maximum Gasteiger partial charge on any atom is 0.176 e. The first-order valence-corrected chi connectivity index (χ1v) is 7.05. The second kappa shape index (κ2) is 5.96. The van der Waals surface area contributed by atoms with Crippen molar-refractivity contribution in [3.05, 3.63) is 5.82 Å². The largest absolute Gasteiger partial charge is 0.377 e. The monoisotopic (exact) mass is 267 g/mol. The van der Waals surface area contributed by atoms with E-state index >= 15 is 0 Å². The standard InChI is InChI=1S/C13H25N5O/c1-10-6-5-7-13(9-10,19-4)11(14-2)8-12-15-17-18(3)16-12/h10-11,14H,5-9H2,1-4H3. The van der Waals surface area contributed by atoms with Gasteiger partial charge in [0.1, 0.15) is 0 Å². The summed E-state index contributed by atoms with van der Waals surface area (Å²) in [5, 5.41) is 15.7. The fourth-order valence-electron chi connectivity index (χ4n) is 3.33. The molecule has 1 N–H and O–H groups in total. The van der Waals surface area contributed by atoms with Crippen molar-refractivity contribution in [1.29, 1.82) is 0 Å². The zero-order valence-electron chi connectivity index (χ0n) is 12.4. The molecule has 1 fully saturated rings. The SMILES string of the molecule is CNC(Cc1nnn(C)n1)C1(OC)CCCC(C)C1. The molecule has 1 saturated carbocycles. The summed E-state index contributed by atoms with van der Waals surface area (Å²) in [4.78, 5) is 1.50. The average Bonchev–Trinajstić information content (AvgIpc) is 2.81. The fraction of sp³-hybridized carbons (Fsp3) is 0.923. The molecule has 3 unspecified atom stereocenters. The Morgan fingerprint density at radius 2 is 2.37 bits per heavy atom. The van der Waals surface area contributed by atoms with Crippen LogP contribution in [0.4, 0.5) is 0 Å². The molecule has 0 spiro atoms. The molecule has 0 aromatic carbocycles. The van der Waals surface area contributed by atoms with Crippen molar-refractivity contribution in [3.8, 4) is 0 Å². The Morgan fingerprint density at radius 3 is 2.89 bits per heavy atom. The number of nitrogens with one attached hydrogen (secondary N) is 1. The third-order valence-electron chi connectivity index (χ3n) is 4.32. The molecule has 1 aliphatic rings. The molecule has 0 saturated heterocycles. The lowest BCUT2D eigenvalue weighted by atomic mass is 9.73. The molecule has 1 aromatic rings. The van der Waals surface area contributed by atoms with Gasteiger partial charge in [-0.15, -0.1) is 10.2 Å². The van der Waals surface area contributed by atoms with Crippen molar-refractivity contribution >= 4 is 0 Å². The first-order chi connectivity index (χ1) is 9.09. The summed E-state index contributed by atoms with van der Waals surface area (Å²) in [6.07, 6.45) is 5.46. The van der Waals surface area contributed by atoms with Gasteiger partial charge >= 0.3 is 0 Å². The van der Waals surface area contributed by atoms with Crippen molar-refractivity contribution in [2.75, 3.05) is 14.2 Å². The van der Waals surface area contributed by atoms with E-state index in [9.17, 15) is 0 Å². The molecule has 2 rings (SSSR count). The van der Waals surface area contributed by atoms with Crippen LogP contribution in [0.25, 0.3) is 0 Å². The van der Waals surface area contributed by atoms with Gasteiger partial charge in [-0.25, -0.2) is 0 Å². The van der Waals surface area contributed by atoms with Gasteiger partial charge in [0, 0.05) is 19.6 Å². The number of tetrazole rings is 1. The topological polar surface area (TPSA) is 64.9 Å². The number of methoxy groups -OCH3 is 1. The number of hydrogen-bond donors (Lipinski definition) is 1. The van der Waals surface area contributed by atoms with E-state index in [-0.39, 0.29) is 11.6 Å². The van der Waals surface area contributed by atoms with E-state index in [0.29, 0.717) is 5.92 Å². The summed E-state index contributed by atoms with van der Waals surface area (Å²) in [5.41, 5.74) is -0.106. The predicted octanol–water partition coefficient (Wildman–Crippen LogP) is 0.936. The number of aryl methyl sites for hydroxylation is 1. The lowest BCUT2D eigenvalue weighted by Crippen LogP contribution is -2.54. The van der Waals surface area contributed by atoms with Gasteiger partial charge in [-0.1, -0.05) is 19.8 Å². The van der Waals surface area contributed by atoms with Crippen molar-refractivity contribution in [2.45, 2.75) is 50.7 Å². The fourth-order valence-corrected chi connectivity index (χ4v) is 3.33. The lowest BCUT2D eigenvalue weighted by Gasteiger charge is -2.44. The van der Waals surface area contributed by atoms with Crippen molar-refractivity contribution < 1.29 is 4.74 Å². The van der Waals surface area contributed by atoms with Gasteiger partial charge in [0.05, 0.1) is 12.6 Å². The first-order valence-electron chi connectivity index (χ1n) is 7.05. The second-order valence-corrected chi connectivity index (χ2v) is 5.71. The van der Waals surface area contributed by atoms with Crippen LogP contribution in [0.1, 0.15) is 38.4 Å². The second-order valence-electron chi connectivity index (χ2n) is 5.71. The molecular formula is C13H25N5O. The summed E-state index contributed by atoms with van der Waals surface area (Å²) < 4.78 is 5.94. The number of nitrogens with zero attached hydrogens (tertiary/aromatic N) is 4. The van der Waals surface area contributed by atoms with E-state index in [1.165, 1.54) is 17.6 Å². The number of aromatic nitrogens is 4. The molecule has 1 aromatic heterocycles. The summed E-state index contributed by atoms with van der Waals surface area (Å²) in [6, 6.07) is 0.226. The minimum absolute atomic E-state index is 0.106. The van der Waals surface area contributed by atoms with Gasteiger partial charge in [0.2, 0.25) is 0 Å². The molecule has 0 aliphatic heterocycles. The number of likely N-dealkylation sites (N-methyl/N-ethyl adjacent to an activating group) is 1. The normalized spacial score (nSPS) is 29.4. The molecule has 19 heavy (non-hydrogen) atoms. The van der Waals surface area contributed by atoms with Gasteiger partial charge in [-0.3, -0.25) is 0 Å². The Balaban J connectivity index is 2.13. The predicted molar refractivity (Wildman–Crippen MR) is 72.7 cm³/mol. The minimum atomic E-state index is -0.106. The van der Waals surface area contributed by atoms with Crippen LogP contribution in [0.3, 0.4) is 0 Å². The molecule has 1 heterocycles. The van der Waals surface area contributed by atoms with Crippen molar-refractivity contribution in [2.24, 2.45) is 13.0 Å². The van der Waals surface area contributed by atoms with Crippen LogP contribution in [0, 0.1) is 5.92 Å². The van der Waals surface area contributed by atoms with Crippen LogP contribution < -0.4 is 5.32 Å². The number of ether oxygens (including phenoxy) is 1. The molecule has 0 bridgehead atoms.